The van der Waals surface area contributed by atoms with Gasteiger partial charge in [-0.25, -0.2) is 4.79 Å². The Kier molecular flexibility index (Phi) is 7.85. The maximum atomic E-state index is 12.8. The third-order valence-electron chi connectivity index (χ3n) is 3.93. The number of carbonyl (C=O) groups excluding carboxylic acids is 4. The molecule has 0 aromatic rings. The molecule has 1 fully saturated rings. The second-order valence-electron chi connectivity index (χ2n) is 7.28. The first kappa shape index (κ1) is 21.7. The average molecular weight is 370 g/mol. The molecule has 4 N–H and O–H groups in total. The predicted octanol–water partition coefficient (Wildman–Crippen LogP) is 0.272. The van der Waals surface area contributed by atoms with Gasteiger partial charge in [-0.2, -0.15) is 0 Å². The molecule has 1 heterocycles. The molecule has 0 spiro atoms. The van der Waals surface area contributed by atoms with Crippen LogP contribution in [0.1, 0.15) is 53.4 Å². The van der Waals surface area contributed by atoms with Crippen LogP contribution >= 0.6 is 0 Å². The molecule has 9 nitrogen and oxygen atoms in total. The molecule has 148 valence electrons. The van der Waals surface area contributed by atoms with Crippen LogP contribution in [0, 0.1) is 0 Å². The summed E-state index contributed by atoms with van der Waals surface area (Å²) in [6, 6.07) is -1.59. The number of nitrogens with two attached hydrogens (primary N) is 1. The molecule has 0 bridgehead atoms. The van der Waals surface area contributed by atoms with Crippen molar-refractivity contribution in [1.82, 2.24) is 15.5 Å². The van der Waals surface area contributed by atoms with Gasteiger partial charge < -0.3 is 26.0 Å². The smallest absolute Gasteiger partial charge is 0.408 e. The van der Waals surface area contributed by atoms with Crippen LogP contribution in [0.25, 0.3) is 0 Å². The highest BCUT2D eigenvalue weighted by atomic mass is 16.6. The Morgan fingerprint density at radius 3 is 2.46 bits per heavy atom. The number of hydrogen-bond donors (Lipinski definition) is 3. The summed E-state index contributed by atoms with van der Waals surface area (Å²) in [6.07, 6.45) is 0.963. The number of rotatable bonds is 7. The van der Waals surface area contributed by atoms with Crippen LogP contribution in [0.2, 0.25) is 0 Å². The lowest BCUT2D eigenvalue weighted by Crippen LogP contribution is -2.54. The molecular formula is C17H30N4O5. The Labute approximate surface area is 154 Å². The highest BCUT2D eigenvalue weighted by Gasteiger charge is 2.37. The average Bonchev–Trinajstić information content (AvgIpc) is 3.01. The van der Waals surface area contributed by atoms with E-state index in [2.05, 4.69) is 10.6 Å². The number of hydrogen-bond acceptors (Lipinski definition) is 5. The van der Waals surface area contributed by atoms with Crippen molar-refractivity contribution in [2.75, 3.05) is 13.1 Å². The van der Waals surface area contributed by atoms with E-state index in [1.165, 1.54) is 4.90 Å². The molecule has 9 heteroatoms. The summed E-state index contributed by atoms with van der Waals surface area (Å²) in [5, 5.41) is 5.22. The van der Waals surface area contributed by atoms with Crippen molar-refractivity contribution in [3.8, 4) is 0 Å². The number of nitrogens with one attached hydrogen (secondary N) is 2. The van der Waals surface area contributed by atoms with Crippen molar-refractivity contribution in [1.29, 1.82) is 0 Å². The second-order valence-corrected chi connectivity index (χ2v) is 7.28. The van der Waals surface area contributed by atoms with Crippen LogP contribution in [-0.2, 0) is 19.1 Å². The van der Waals surface area contributed by atoms with Gasteiger partial charge in [0, 0.05) is 19.5 Å². The van der Waals surface area contributed by atoms with E-state index in [9.17, 15) is 19.2 Å². The molecule has 2 atom stereocenters. The number of carbonyl (C=O) groups is 4. The van der Waals surface area contributed by atoms with Crippen LogP contribution in [0.3, 0.4) is 0 Å². The van der Waals surface area contributed by atoms with Crippen LogP contribution in [0.15, 0.2) is 0 Å². The van der Waals surface area contributed by atoms with Gasteiger partial charge in [0.15, 0.2) is 0 Å². The summed E-state index contributed by atoms with van der Waals surface area (Å²) >= 11 is 0. The lowest BCUT2D eigenvalue weighted by atomic mass is 10.1. The minimum atomic E-state index is -0.915. The molecule has 0 aromatic carbocycles. The lowest BCUT2D eigenvalue weighted by Gasteiger charge is -2.28. The zero-order valence-electron chi connectivity index (χ0n) is 16.0. The van der Waals surface area contributed by atoms with E-state index < -0.39 is 35.6 Å². The molecule has 0 radical (unpaired) electrons. The largest absolute Gasteiger partial charge is 0.444 e. The fourth-order valence-electron chi connectivity index (χ4n) is 2.71. The summed E-state index contributed by atoms with van der Waals surface area (Å²) in [5.74, 6) is -1.11. The minimum Gasteiger partial charge on any atom is -0.444 e. The van der Waals surface area contributed by atoms with Crippen LogP contribution in [-0.4, -0.2) is 59.5 Å². The zero-order chi connectivity index (χ0) is 19.9. The quantitative estimate of drug-likeness (QED) is 0.592. The Morgan fingerprint density at radius 1 is 1.27 bits per heavy atom. The van der Waals surface area contributed by atoms with Gasteiger partial charge in [-0.3, -0.25) is 14.4 Å². The summed E-state index contributed by atoms with van der Waals surface area (Å²) in [6.45, 7) is 7.49. The number of primary amides is 1. The fraction of sp³-hybridized carbons (Fsp3) is 0.765. The van der Waals surface area contributed by atoms with Gasteiger partial charge in [-0.1, -0.05) is 6.92 Å². The third kappa shape index (κ3) is 6.89. The Bertz CT molecular complexity index is 544. The molecule has 0 saturated carbocycles. The van der Waals surface area contributed by atoms with Gasteiger partial charge in [0.25, 0.3) is 0 Å². The monoisotopic (exact) mass is 370 g/mol. The van der Waals surface area contributed by atoms with E-state index in [0.29, 0.717) is 25.8 Å². The van der Waals surface area contributed by atoms with E-state index in [4.69, 9.17) is 10.5 Å². The van der Waals surface area contributed by atoms with E-state index in [0.717, 1.165) is 0 Å². The van der Waals surface area contributed by atoms with Crippen LogP contribution in [0.4, 0.5) is 4.79 Å². The number of amides is 4. The van der Waals surface area contributed by atoms with Crippen molar-refractivity contribution >= 4 is 23.8 Å². The van der Waals surface area contributed by atoms with Gasteiger partial charge in [-0.05, 0) is 40.0 Å². The zero-order valence-corrected chi connectivity index (χ0v) is 16.0. The highest BCUT2D eigenvalue weighted by molar-refractivity contribution is 5.91. The lowest BCUT2D eigenvalue weighted by molar-refractivity contribution is -0.139. The first-order chi connectivity index (χ1) is 12.0. The van der Waals surface area contributed by atoms with Crippen molar-refractivity contribution in [3.05, 3.63) is 0 Å². The predicted molar refractivity (Wildman–Crippen MR) is 95.0 cm³/mol. The molecule has 1 rings (SSSR count). The first-order valence-electron chi connectivity index (χ1n) is 8.91. The molecule has 1 aliphatic heterocycles. The highest BCUT2D eigenvalue weighted by Crippen LogP contribution is 2.19. The Morgan fingerprint density at radius 2 is 1.92 bits per heavy atom. The maximum Gasteiger partial charge on any atom is 0.408 e. The van der Waals surface area contributed by atoms with E-state index in [-0.39, 0.29) is 18.9 Å². The van der Waals surface area contributed by atoms with Crippen molar-refractivity contribution in [2.45, 2.75) is 71.1 Å². The second kappa shape index (κ2) is 9.40. The van der Waals surface area contributed by atoms with Crippen molar-refractivity contribution in [3.63, 3.8) is 0 Å². The van der Waals surface area contributed by atoms with E-state index >= 15 is 0 Å². The molecular weight excluding hydrogens is 340 g/mol. The molecule has 0 aromatic heterocycles. The number of likely N-dealkylation sites (tertiary alicyclic amines) is 1. The van der Waals surface area contributed by atoms with Crippen LogP contribution in [0.5, 0.6) is 0 Å². The maximum absolute atomic E-state index is 12.8. The van der Waals surface area contributed by atoms with E-state index in [1.807, 2.05) is 0 Å². The summed E-state index contributed by atoms with van der Waals surface area (Å²) in [7, 11) is 0. The van der Waals surface area contributed by atoms with Crippen LogP contribution < -0.4 is 16.4 Å². The number of nitrogens with zero attached hydrogens (tertiary/aromatic N) is 1. The topological polar surface area (TPSA) is 131 Å². The molecule has 26 heavy (non-hydrogen) atoms. The first-order valence-corrected chi connectivity index (χ1v) is 8.91. The standard InChI is InChI=1S/C17H30N4O5/c1-5-13(22)19-9-8-11(20-16(25)26-17(2,3)4)15(24)21-10-6-7-12(21)14(18)23/h11-12H,5-10H2,1-4H3,(H2,18,23)(H,19,22)(H,20,25)/t11-,12-/m0/s1. The van der Waals surface area contributed by atoms with E-state index in [1.54, 1.807) is 27.7 Å². The normalized spacial score (nSPS) is 18.2. The van der Waals surface area contributed by atoms with Crippen molar-refractivity contribution in [2.24, 2.45) is 5.73 Å². The summed E-state index contributed by atoms with van der Waals surface area (Å²) in [4.78, 5) is 49.3. The van der Waals surface area contributed by atoms with Gasteiger partial charge in [-0.15, -0.1) is 0 Å². The molecule has 0 aliphatic carbocycles. The Hall–Kier alpha value is -2.32. The third-order valence-corrected chi connectivity index (χ3v) is 3.93. The number of alkyl carbamates (subject to hydrolysis) is 1. The fourth-order valence-corrected chi connectivity index (χ4v) is 2.71. The van der Waals surface area contributed by atoms with Gasteiger partial charge in [0.05, 0.1) is 0 Å². The van der Waals surface area contributed by atoms with Crippen molar-refractivity contribution < 1.29 is 23.9 Å². The van der Waals surface area contributed by atoms with Gasteiger partial charge in [0.2, 0.25) is 17.7 Å². The number of ether oxygens (including phenoxy) is 1. The molecule has 1 saturated heterocycles. The summed E-state index contributed by atoms with van der Waals surface area (Å²) < 4.78 is 5.20. The molecule has 1 aliphatic rings. The van der Waals surface area contributed by atoms with Gasteiger partial charge >= 0.3 is 6.09 Å². The SMILES string of the molecule is CCC(=O)NCC[C@H](NC(=O)OC(C)(C)C)C(=O)N1CCC[C@H]1C(N)=O. The summed E-state index contributed by atoms with van der Waals surface area (Å²) in [5.41, 5.74) is 4.66. The Balaban J connectivity index is 2.81. The molecule has 4 amide bonds. The van der Waals surface area contributed by atoms with Gasteiger partial charge in [0.1, 0.15) is 17.7 Å². The molecule has 0 unspecified atom stereocenters. The minimum absolute atomic E-state index is 0.148.